The number of pyridine rings is 1. The smallest absolute Gasteiger partial charge is 0.424 e. The third-order valence-corrected chi connectivity index (χ3v) is 7.95. The number of carbonyl (C=O) groups excluding carboxylic acids is 2. The van der Waals surface area contributed by atoms with Crippen molar-refractivity contribution < 1.29 is 32.2 Å². The van der Waals surface area contributed by atoms with E-state index in [0.717, 1.165) is 41.8 Å². The second kappa shape index (κ2) is 9.93. The van der Waals surface area contributed by atoms with Crippen molar-refractivity contribution in [2.45, 2.75) is 82.6 Å². The molecular weight excluding hydrogens is 474 g/mol. The molecule has 2 fully saturated rings. The zero-order valence-electron chi connectivity index (χ0n) is 20.8. The van der Waals surface area contributed by atoms with E-state index in [-0.39, 0.29) is 44.1 Å². The summed E-state index contributed by atoms with van der Waals surface area (Å²) in [7, 11) is -3.97. The van der Waals surface area contributed by atoms with Gasteiger partial charge in [0.05, 0.1) is 31.1 Å². The maximum Gasteiger partial charge on any atom is 0.424 e. The van der Waals surface area contributed by atoms with E-state index in [1.807, 2.05) is 12.1 Å². The molecule has 5 rings (SSSR count). The maximum atomic E-state index is 13.2. The van der Waals surface area contributed by atoms with Gasteiger partial charge in [-0.05, 0) is 64.9 Å². The van der Waals surface area contributed by atoms with Crippen molar-refractivity contribution >= 4 is 22.0 Å². The summed E-state index contributed by atoms with van der Waals surface area (Å²) < 4.78 is 43.8. The van der Waals surface area contributed by atoms with Crippen molar-refractivity contribution in [3.05, 3.63) is 23.9 Å². The van der Waals surface area contributed by atoms with Crippen molar-refractivity contribution in [1.29, 1.82) is 0 Å². The van der Waals surface area contributed by atoms with Crippen LogP contribution in [0.2, 0.25) is 0 Å². The van der Waals surface area contributed by atoms with E-state index < -0.39 is 33.8 Å². The molecule has 1 aromatic rings. The quantitative estimate of drug-likeness (QED) is 0.598. The van der Waals surface area contributed by atoms with Crippen molar-refractivity contribution in [2.75, 3.05) is 26.0 Å². The van der Waals surface area contributed by atoms with Gasteiger partial charge >= 0.3 is 6.09 Å². The molecule has 2 atom stereocenters. The molecule has 35 heavy (non-hydrogen) atoms. The first-order valence-corrected chi connectivity index (χ1v) is 14.0. The molecule has 4 aliphatic rings. The average Bonchev–Trinajstić information content (AvgIpc) is 3.17. The van der Waals surface area contributed by atoms with Gasteiger partial charge in [0, 0.05) is 18.3 Å². The van der Waals surface area contributed by atoms with Gasteiger partial charge in [0.15, 0.2) is 6.61 Å². The summed E-state index contributed by atoms with van der Waals surface area (Å²) in [6.07, 6.45) is 5.46. The maximum absolute atomic E-state index is 13.2. The lowest BCUT2D eigenvalue weighted by molar-refractivity contribution is -0.136. The van der Waals surface area contributed by atoms with Gasteiger partial charge in [-0.2, -0.15) is 4.31 Å². The number of fused-ring (bicyclic) bond motifs is 5. The van der Waals surface area contributed by atoms with Gasteiger partial charge < -0.3 is 19.1 Å². The highest BCUT2D eigenvalue weighted by Gasteiger charge is 2.47. The third kappa shape index (κ3) is 5.88. The van der Waals surface area contributed by atoms with Gasteiger partial charge in [0.25, 0.3) is 5.91 Å². The molecule has 1 aliphatic carbocycles. The Morgan fingerprint density at radius 1 is 1.20 bits per heavy atom. The van der Waals surface area contributed by atoms with Crippen LogP contribution >= 0.6 is 0 Å². The summed E-state index contributed by atoms with van der Waals surface area (Å²) >= 11 is 0. The number of carbonyl (C=O) groups is 2. The fourth-order valence-corrected chi connectivity index (χ4v) is 6.31. The molecule has 1 saturated heterocycles. The lowest BCUT2D eigenvalue weighted by Gasteiger charge is -2.36. The van der Waals surface area contributed by atoms with Crippen LogP contribution in [0.3, 0.4) is 0 Å². The van der Waals surface area contributed by atoms with Crippen LogP contribution in [0.25, 0.3) is 0 Å². The first kappa shape index (κ1) is 25.7. The average molecular weight is 510 g/mol. The van der Waals surface area contributed by atoms with Crippen LogP contribution in [0, 0.1) is 0 Å². The summed E-state index contributed by atoms with van der Waals surface area (Å²) in [6, 6.07) is 2.44. The molecule has 0 spiro atoms. The Bertz CT molecular complexity index is 1050. The van der Waals surface area contributed by atoms with E-state index in [1.54, 1.807) is 31.9 Å². The minimum Gasteiger partial charge on any atom is -0.467 e. The number of hydrogen-bond donors (Lipinski definition) is 0. The van der Waals surface area contributed by atoms with Gasteiger partial charge in [-0.1, -0.05) is 6.07 Å². The fraction of sp³-hybridized carbons (Fsp3) is 0.708. The van der Waals surface area contributed by atoms with Crippen molar-refractivity contribution in [3.8, 4) is 5.88 Å². The molecule has 1 saturated carbocycles. The standard InChI is InChI=1S/C24H35N3O7S/c1-24(2,3)34-23(29)27(35(4,30)31)19-11-13-26-20(19)14-32-17-9-7-16(8-10-17)18-6-5-12-25-22(18)33-15-21(26)28/h5-6,12,16-17,19-20H,7-11,13-15H2,1-4H3/t16?,17?,19-,20-/m0/s1. The normalized spacial score (nSPS) is 27.5. The number of aromatic nitrogens is 1. The highest BCUT2D eigenvalue weighted by Crippen LogP contribution is 2.38. The van der Waals surface area contributed by atoms with Crippen molar-refractivity contribution in [1.82, 2.24) is 14.2 Å². The Kier molecular flexibility index (Phi) is 7.28. The molecule has 194 valence electrons. The lowest BCUT2D eigenvalue weighted by Crippen LogP contribution is -2.54. The Hall–Kier alpha value is -2.40. The summed E-state index contributed by atoms with van der Waals surface area (Å²) in [5, 5.41) is 0. The third-order valence-electron chi connectivity index (χ3n) is 6.81. The topological polar surface area (TPSA) is 115 Å². The molecule has 10 nitrogen and oxygen atoms in total. The highest BCUT2D eigenvalue weighted by atomic mass is 32.2. The number of sulfonamides is 1. The van der Waals surface area contributed by atoms with Crippen LogP contribution in [-0.4, -0.2) is 84.4 Å². The summed E-state index contributed by atoms with van der Waals surface area (Å²) in [5.41, 5.74) is 0.129. The van der Waals surface area contributed by atoms with Gasteiger partial charge in [-0.3, -0.25) is 4.79 Å². The van der Waals surface area contributed by atoms with Crippen LogP contribution in [0.5, 0.6) is 5.88 Å². The predicted octanol–water partition coefficient (Wildman–Crippen LogP) is 2.68. The Morgan fingerprint density at radius 2 is 1.91 bits per heavy atom. The van der Waals surface area contributed by atoms with E-state index in [4.69, 9.17) is 14.2 Å². The van der Waals surface area contributed by atoms with E-state index in [9.17, 15) is 18.0 Å². The van der Waals surface area contributed by atoms with E-state index in [0.29, 0.717) is 5.88 Å². The molecule has 4 heterocycles. The SMILES string of the molecule is CC(C)(C)OC(=O)N([C@H]1CCN2C(=O)COc3ncccc3C3CCC(CC3)OC[C@@H]12)S(C)(=O)=O. The first-order valence-electron chi connectivity index (χ1n) is 12.1. The van der Waals surface area contributed by atoms with E-state index in [1.165, 1.54) is 0 Å². The van der Waals surface area contributed by atoms with Crippen molar-refractivity contribution in [2.24, 2.45) is 0 Å². The van der Waals surface area contributed by atoms with Crippen LogP contribution < -0.4 is 4.74 Å². The van der Waals surface area contributed by atoms with Gasteiger partial charge in [0.1, 0.15) is 5.60 Å². The summed E-state index contributed by atoms with van der Waals surface area (Å²) in [6.45, 7) is 5.21. The predicted molar refractivity (Wildman–Crippen MR) is 128 cm³/mol. The molecule has 1 aromatic heterocycles. The lowest BCUT2D eigenvalue weighted by atomic mass is 9.83. The molecular formula is C24H35N3O7S. The summed E-state index contributed by atoms with van der Waals surface area (Å²) in [4.78, 5) is 32.2. The zero-order chi connectivity index (χ0) is 25.4. The largest absolute Gasteiger partial charge is 0.467 e. The first-order chi connectivity index (χ1) is 16.4. The Morgan fingerprint density at radius 3 is 2.57 bits per heavy atom. The second-order valence-electron chi connectivity index (χ2n) is 10.5. The molecule has 2 bridgehead atoms. The number of ether oxygens (including phenoxy) is 3. The Labute approximate surface area is 207 Å². The number of hydrogen-bond acceptors (Lipinski definition) is 8. The van der Waals surface area contributed by atoms with E-state index in [2.05, 4.69) is 4.98 Å². The van der Waals surface area contributed by atoms with Crippen molar-refractivity contribution in [3.63, 3.8) is 0 Å². The van der Waals surface area contributed by atoms with Crippen LogP contribution in [0.4, 0.5) is 4.79 Å². The van der Waals surface area contributed by atoms with Crippen LogP contribution in [0.1, 0.15) is 64.4 Å². The number of nitrogens with zero attached hydrogens (tertiary/aromatic N) is 3. The summed E-state index contributed by atoms with van der Waals surface area (Å²) in [5.74, 6) is 0.445. The number of rotatable bonds is 2. The second-order valence-corrected chi connectivity index (χ2v) is 12.4. The zero-order valence-corrected chi connectivity index (χ0v) is 21.6. The number of amides is 2. The van der Waals surface area contributed by atoms with Crippen LogP contribution in [0.15, 0.2) is 18.3 Å². The van der Waals surface area contributed by atoms with Crippen LogP contribution in [-0.2, 0) is 24.3 Å². The monoisotopic (exact) mass is 509 g/mol. The minimum atomic E-state index is -3.97. The molecule has 0 aromatic carbocycles. The van der Waals surface area contributed by atoms with Gasteiger partial charge in [0.2, 0.25) is 15.9 Å². The molecule has 3 aliphatic heterocycles. The molecule has 0 N–H and O–H groups in total. The van der Waals surface area contributed by atoms with Gasteiger partial charge in [-0.15, -0.1) is 0 Å². The molecule has 2 amide bonds. The minimum absolute atomic E-state index is 0.000504. The molecule has 0 radical (unpaired) electrons. The fourth-order valence-electron chi connectivity index (χ4n) is 5.27. The molecule has 11 heteroatoms. The highest BCUT2D eigenvalue weighted by molar-refractivity contribution is 7.88. The molecule has 0 unspecified atom stereocenters. The van der Waals surface area contributed by atoms with Gasteiger partial charge in [-0.25, -0.2) is 18.2 Å². The van der Waals surface area contributed by atoms with E-state index >= 15 is 0 Å². The Balaban J connectivity index is 1.63.